The second-order valence-electron chi connectivity index (χ2n) is 5.19. The van der Waals surface area contributed by atoms with E-state index in [1.165, 1.54) is 5.56 Å². The lowest BCUT2D eigenvalue weighted by atomic mass is 10.2. The van der Waals surface area contributed by atoms with Crippen LogP contribution < -0.4 is 5.32 Å². The van der Waals surface area contributed by atoms with Gasteiger partial charge in [-0.25, -0.2) is 4.98 Å². The van der Waals surface area contributed by atoms with Gasteiger partial charge in [0.15, 0.2) is 5.96 Å². The van der Waals surface area contributed by atoms with Crippen LogP contribution in [0.2, 0.25) is 0 Å². The number of hydrogen-bond acceptors (Lipinski definition) is 3. The quantitative estimate of drug-likeness (QED) is 0.657. The van der Waals surface area contributed by atoms with Crippen LogP contribution in [0.25, 0.3) is 0 Å². The van der Waals surface area contributed by atoms with Crippen LogP contribution >= 0.6 is 11.3 Å². The van der Waals surface area contributed by atoms with Gasteiger partial charge in [-0.3, -0.25) is 4.99 Å². The predicted molar refractivity (Wildman–Crippen MR) is 94.4 cm³/mol. The van der Waals surface area contributed by atoms with Crippen molar-refractivity contribution in [1.29, 1.82) is 0 Å². The third-order valence-corrected chi connectivity index (χ3v) is 4.09. The molecule has 1 aromatic carbocycles. The second kappa shape index (κ2) is 8.54. The number of rotatable bonds is 6. The lowest BCUT2D eigenvalue weighted by Crippen LogP contribution is -2.38. The summed E-state index contributed by atoms with van der Waals surface area (Å²) in [6.07, 6.45) is 0.958. The zero-order chi connectivity index (χ0) is 15.8. The van der Waals surface area contributed by atoms with E-state index in [0.717, 1.165) is 42.7 Å². The Balaban J connectivity index is 1.93. The average Bonchev–Trinajstić information content (AvgIpc) is 2.92. The molecule has 0 aliphatic rings. The standard InChI is InChI=1S/C17H24N4S/c1-4-18-17(19-11-10-15-8-6-5-7-9-15)21(3)12-16-13-22-14(2)20-16/h5-9,13H,4,10-12H2,1-3H3,(H,18,19). The largest absolute Gasteiger partial charge is 0.357 e. The molecule has 0 saturated heterocycles. The zero-order valence-electron chi connectivity index (χ0n) is 13.5. The molecule has 0 fully saturated rings. The third-order valence-electron chi connectivity index (χ3n) is 3.27. The zero-order valence-corrected chi connectivity index (χ0v) is 14.4. The van der Waals surface area contributed by atoms with E-state index >= 15 is 0 Å². The molecular weight excluding hydrogens is 292 g/mol. The Labute approximate surface area is 136 Å². The van der Waals surface area contributed by atoms with Gasteiger partial charge >= 0.3 is 0 Å². The van der Waals surface area contributed by atoms with Crippen LogP contribution in [0.5, 0.6) is 0 Å². The number of hydrogen-bond donors (Lipinski definition) is 1. The Morgan fingerprint density at radius 1 is 1.32 bits per heavy atom. The molecule has 1 aromatic heterocycles. The summed E-state index contributed by atoms with van der Waals surface area (Å²) in [6.45, 7) is 6.56. The van der Waals surface area contributed by atoms with E-state index in [0.29, 0.717) is 0 Å². The highest BCUT2D eigenvalue weighted by atomic mass is 32.1. The summed E-state index contributed by atoms with van der Waals surface area (Å²) in [6, 6.07) is 10.5. The van der Waals surface area contributed by atoms with E-state index in [-0.39, 0.29) is 0 Å². The van der Waals surface area contributed by atoms with Gasteiger partial charge in [0, 0.05) is 25.5 Å². The van der Waals surface area contributed by atoms with E-state index in [1.54, 1.807) is 11.3 Å². The van der Waals surface area contributed by atoms with Crippen molar-refractivity contribution >= 4 is 17.3 Å². The van der Waals surface area contributed by atoms with Gasteiger partial charge < -0.3 is 10.2 Å². The van der Waals surface area contributed by atoms with Gasteiger partial charge in [0.05, 0.1) is 17.2 Å². The first-order valence-corrected chi connectivity index (χ1v) is 8.51. The summed E-state index contributed by atoms with van der Waals surface area (Å²) in [5.74, 6) is 0.934. The monoisotopic (exact) mass is 316 g/mol. The van der Waals surface area contributed by atoms with Gasteiger partial charge in [0.1, 0.15) is 0 Å². The molecule has 0 unspecified atom stereocenters. The van der Waals surface area contributed by atoms with Crippen LogP contribution in [0.1, 0.15) is 23.2 Å². The molecule has 1 N–H and O–H groups in total. The number of guanidine groups is 1. The molecule has 4 nitrogen and oxygen atoms in total. The molecule has 0 aliphatic carbocycles. The number of aromatic nitrogens is 1. The molecule has 2 aromatic rings. The van der Waals surface area contributed by atoms with E-state index in [1.807, 2.05) is 13.0 Å². The molecule has 22 heavy (non-hydrogen) atoms. The van der Waals surface area contributed by atoms with Crippen LogP contribution in [-0.4, -0.2) is 36.0 Å². The van der Waals surface area contributed by atoms with Crippen LogP contribution in [0.15, 0.2) is 40.7 Å². The fourth-order valence-electron chi connectivity index (χ4n) is 2.20. The van der Waals surface area contributed by atoms with Crippen molar-refractivity contribution in [3.05, 3.63) is 52.0 Å². The summed E-state index contributed by atoms with van der Waals surface area (Å²) in [4.78, 5) is 11.4. The Kier molecular flexibility index (Phi) is 6.40. The molecule has 0 aliphatic heterocycles. The number of nitrogens with zero attached hydrogens (tertiary/aromatic N) is 3. The van der Waals surface area contributed by atoms with Crippen molar-refractivity contribution in [3.8, 4) is 0 Å². The Bertz CT molecular complexity index is 592. The first-order valence-electron chi connectivity index (χ1n) is 7.63. The SMILES string of the molecule is CCNC(=NCCc1ccccc1)N(C)Cc1csc(C)n1. The number of aliphatic imine (C=N–C) groups is 1. The van der Waals surface area contributed by atoms with Crippen LogP contribution in [-0.2, 0) is 13.0 Å². The van der Waals surface area contributed by atoms with Gasteiger partial charge in [-0.05, 0) is 25.8 Å². The van der Waals surface area contributed by atoms with E-state index in [2.05, 4.69) is 58.8 Å². The van der Waals surface area contributed by atoms with Gasteiger partial charge in [-0.2, -0.15) is 0 Å². The van der Waals surface area contributed by atoms with Crippen molar-refractivity contribution in [2.24, 2.45) is 4.99 Å². The maximum Gasteiger partial charge on any atom is 0.194 e. The molecular formula is C17H24N4S. The Hall–Kier alpha value is -1.88. The maximum atomic E-state index is 4.72. The van der Waals surface area contributed by atoms with Gasteiger partial charge in [-0.1, -0.05) is 30.3 Å². The number of nitrogens with one attached hydrogen (secondary N) is 1. The fourth-order valence-corrected chi connectivity index (χ4v) is 2.81. The van der Waals surface area contributed by atoms with Crippen molar-refractivity contribution in [2.45, 2.75) is 26.8 Å². The fraction of sp³-hybridized carbons (Fsp3) is 0.412. The van der Waals surface area contributed by atoms with Crippen LogP contribution in [0, 0.1) is 6.92 Å². The summed E-state index contributed by atoms with van der Waals surface area (Å²) in [7, 11) is 2.05. The van der Waals surface area contributed by atoms with Crippen molar-refractivity contribution in [2.75, 3.05) is 20.1 Å². The molecule has 0 saturated carbocycles. The lowest BCUT2D eigenvalue weighted by Gasteiger charge is -2.21. The number of aryl methyl sites for hydroxylation is 1. The molecule has 2 rings (SSSR count). The highest BCUT2D eigenvalue weighted by Crippen LogP contribution is 2.10. The van der Waals surface area contributed by atoms with E-state index < -0.39 is 0 Å². The van der Waals surface area contributed by atoms with Gasteiger partial charge in [-0.15, -0.1) is 11.3 Å². The van der Waals surface area contributed by atoms with Crippen molar-refractivity contribution in [3.63, 3.8) is 0 Å². The minimum Gasteiger partial charge on any atom is -0.357 e. The predicted octanol–water partition coefficient (Wildman–Crippen LogP) is 3.09. The van der Waals surface area contributed by atoms with Crippen LogP contribution in [0.3, 0.4) is 0 Å². The van der Waals surface area contributed by atoms with Crippen molar-refractivity contribution in [1.82, 2.24) is 15.2 Å². The topological polar surface area (TPSA) is 40.5 Å². The Morgan fingerprint density at radius 2 is 2.09 bits per heavy atom. The lowest BCUT2D eigenvalue weighted by molar-refractivity contribution is 0.471. The first-order chi connectivity index (χ1) is 10.7. The van der Waals surface area contributed by atoms with E-state index in [4.69, 9.17) is 4.99 Å². The molecule has 5 heteroatoms. The molecule has 0 radical (unpaired) electrons. The van der Waals surface area contributed by atoms with Gasteiger partial charge in [0.25, 0.3) is 0 Å². The molecule has 0 amide bonds. The minimum atomic E-state index is 0.779. The first kappa shape index (κ1) is 16.5. The van der Waals surface area contributed by atoms with Gasteiger partial charge in [0.2, 0.25) is 0 Å². The summed E-state index contributed by atoms with van der Waals surface area (Å²) in [5, 5.41) is 6.56. The third kappa shape index (κ3) is 5.15. The maximum absolute atomic E-state index is 4.72. The van der Waals surface area contributed by atoms with Crippen LogP contribution in [0.4, 0.5) is 0 Å². The van der Waals surface area contributed by atoms with E-state index in [9.17, 15) is 0 Å². The summed E-state index contributed by atoms with van der Waals surface area (Å²) in [5.41, 5.74) is 2.42. The number of benzene rings is 1. The second-order valence-corrected chi connectivity index (χ2v) is 6.25. The normalized spacial score (nSPS) is 11.5. The molecule has 1 heterocycles. The molecule has 0 atom stereocenters. The number of thiazole rings is 1. The van der Waals surface area contributed by atoms with Crippen molar-refractivity contribution < 1.29 is 0 Å². The Morgan fingerprint density at radius 3 is 2.73 bits per heavy atom. The summed E-state index contributed by atoms with van der Waals surface area (Å²) < 4.78 is 0. The molecule has 0 bridgehead atoms. The summed E-state index contributed by atoms with van der Waals surface area (Å²) >= 11 is 1.69. The minimum absolute atomic E-state index is 0.779. The smallest absolute Gasteiger partial charge is 0.194 e. The highest BCUT2D eigenvalue weighted by Gasteiger charge is 2.08. The molecule has 118 valence electrons. The highest BCUT2D eigenvalue weighted by molar-refractivity contribution is 7.09. The average molecular weight is 316 g/mol. The molecule has 0 spiro atoms.